The second-order valence-corrected chi connectivity index (χ2v) is 17.8. The SMILES string of the molecule is CC(C)C[C@H](NC(=O)[C@@H]1CCCN1C(=O)[C@H](CO)NC(=O)CNC(=O)CNC(=O)[C@@H](N)CCC(N)=O)C(=O)N1CCC[C@H]1C(=O)N[C@@H](CCCN=C(N)N)C(=O)N[C@@H](CO)C(=O)N[C@H](C(=O)O)C(C)C. The van der Waals surface area contributed by atoms with Crippen molar-refractivity contribution in [3.63, 3.8) is 0 Å². The molecule has 2 heterocycles. The van der Waals surface area contributed by atoms with Gasteiger partial charge < -0.3 is 85.3 Å². The summed E-state index contributed by atoms with van der Waals surface area (Å²) < 4.78 is 0. The van der Waals surface area contributed by atoms with Gasteiger partial charge in [-0.05, 0) is 63.2 Å². The third kappa shape index (κ3) is 19.4. The van der Waals surface area contributed by atoms with Gasteiger partial charge in [-0.1, -0.05) is 27.7 Å². The monoisotopic (exact) mass is 997 g/mol. The minimum Gasteiger partial charge on any atom is -0.480 e. The van der Waals surface area contributed by atoms with Crippen molar-refractivity contribution >= 4 is 71.0 Å². The molecule has 0 unspecified atom stereocenters. The maximum atomic E-state index is 14.3. The topological polar surface area (TPSA) is 456 Å². The average molecular weight is 997 g/mol. The lowest BCUT2D eigenvalue weighted by atomic mass is 10.0. The molecular weight excluding hydrogens is 925 g/mol. The molecular formula is C42H72N14O14. The largest absolute Gasteiger partial charge is 0.480 e. The molecule has 2 rings (SSSR count). The van der Waals surface area contributed by atoms with E-state index in [9.17, 15) is 68.1 Å². The smallest absolute Gasteiger partial charge is 0.326 e. The van der Waals surface area contributed by atoms with Crippen LogP contribution in [0.1, 0.15) is 85.5 Å². The van der Waals surface area contributed by atoms with Gasteiger partial charge in [0, 0.05) is 26.1 Å². The number of hydrogen-bond acceptors (Lipinski definition) is 15. The second-order valence-electron chi connectivity index (χ2n) is 17.8. The van der Waals surface area contributed by atoms with Crippen molar-refractivity contribution in [3.8, 4) is 0 Å². The first-order valence-electron chi connectivity index (χ1n) is 23.1. The first-order chi connectivity index (χ1) is 32.9. The molecule has 394 valence electrons. The summed E-state index contributed by atoms with van der Waals surface area (Å²) >= 11 is 0. The molecule has 0 saturated carbocycles. The van der Waals surface area contributed by atoms with Crippen molar-refractivity contribution in [2.75, 3.05) is 45.9 Å². The molecule has 28 nitrogen and oxygen atoms in total. The van der Waals surface area contributed by atoms with Crippen LogP contribution in [0.5, 0.6) is 0 Å². The van der Waals surface area contributed by atoms with Crippen molar-refractivity contribution in [2.24, 2.45) is 39.8 Å². The Kier molecular flexibility index (Phi) is 24.9. The van der Waals surface area contributed by atoms with Crippen LogP contribution in [0, 0.1) is 11.8 Å². The summed E-state index contributed by atoms with van der Waals surface area (Å²) in [5.41, 5.74) is 21.6. The summed E-state index contributed by atoms with van der Waals surface area (Å²) in [4.78, 5) is 148. The fourth-order valence-corrected chi connectivity index (χ4v) is 7.64. The Morgan fingerprint density at radius 3 is 1.67 bits per heavy atom. The van der Waals surface area contributed by atoms with E-state index in [0.29, 0.717) is 12.8 Å². The van der Waals surface area contributed by atoms with Crippen LogP contribution < -0.4 is 60.2 Å². The summed E-state index contributed by atoms with van der Waals surface area (Å²) in [6, 6.07) is -10.4. The van der Waals surface area contributed by atoms with Crippen LogP contribution in [0.3, 0.4) is 0 Å². The molecule has 0 bridgehead atoms. The molecule has 2 aliphatic rings. The summed E-state index contributed by atoms with van der Waals surface area (Å²) in [7, 11) is 0. The summed E-state index contributed by atoms with van der Waals surface area (Å²) in [5.74, 6) is -10.1. The maximum Gasteiger partial charge on any atom is 0.326 e. The van der Waals surface area contributed by atoms with Gasteiger partial charge in [0.2, 0.25) is 59.1 Å². The Morgan fingerprint density at radius 2 is 1.17 bits per heavy atom. The number of amides is 10. The highest BCUT2D eigenvalue weighted by atomic mass is 16.4. The Morgan fingerprint density at radius 1 is 0.643 bits per heavy atom. The van der Waals surface area contributed by atoms with Crippen LogP contribution in [0.25, 0.3) is 0 Å². The number of nitrogens with zero attached hydrogens (tertiary/aromatic N) is 3. The van der Waals surface area contributed by atoms with Crippen molar-refractivity contribution in [3.05, 3.63) is 0 Å². The number of carboxylic acid groups (broad SMARTS) is 1. The molecule has 10 amide bonds. The van der Waals surface area contributed by atoms with Crippen molar-refractivity contribution < 1.29 is 68.1 Å². The van der Waals surface area contributed by atoms with E-state index in [1.165, 1.54) is 4.90 Å². The highest BCUT2D eigenvalue weighted by molar-refractivity contribution is 5.98. The van der Waals surface area contributed by atoms with Gasteiger partial charge in [-0.3, -0.25) is 52.9 Å². The number of likely N-dealkylation sites (tertiary alicyclic amines) is 2. The number of nitrogens with one attached hydrogen (secondary N) is 7. The lowest BCUT2D eigenvalue weighted by molar-refractivity contribution is -0.145. The van der Waals surface area contributed by atoms with Crippen LogP contribution >= 0.6 is 0 Å². The second kappa shape index (κ2) is 29.4. The number of aliphatic carboxylic acids is 1. The normalized spacial score (nSPS) is 18.0. The molecule has 2 saturated heterocycles. The molecule has 8 atom stereocenters. The van der Waals surface area contributed by atoms with Crippen LogP contribution in [0.4, 0.5) is 0 Å². The zero-order valence-electron chi connectivity index (χ0n) is 40.1. The first-order valence-corrected chi connectivity index (χ1v) is 23.1. The molecule has 0 aromatic heterocycles. The van der Waals surface area contributed by atoms with Gasteiger partial charge in [0.1, 0.15) is 42.3 Å². The van der Waals surface area contributed by atoms with Gasteiger partial charge in [0.25, 0.3) is 0 Å². The number of primary amides is 1. The van der Waals surface area contributed by atoms with Crippen LogP contribution in [-0.4, -0.2) is 190 Å². The number of guanidine groups is 1. The predicted molar refractivity (Wildman–Crippen MR) is 248 cm³/mol. The fraction of sp³-hybridized carbons (Fsp3) is 0.714. The molecule has 0 aliphatic carbocycles. The number of carbonyl (C=O) groups excluding carboxylic acids is 10. The minimum atomic E-state index is -1.60. The number of carbonyl (C=O) groups is 11. The molecule has 0 radical (unpaired) electrons. The number of aliphatic hydroxyl groups is 2. The first kappa shape index (κ1) is 59.4. The predicted octanol–water partition coefficient (Wildman–Crippen LogP) is -6.96. The van der Waals surface area contributed by atoms with Crippen LogP contribution in [0.15, 0.2) is 4.99 Å². The summed E-state index contributed by atoms with van der Waals surface area (Å²) in [6.07, 6.45) is 1.06. The number of rotatable bonds is 29. The number of hydrogen-bond donors (Lipinski definition) is 14. The molecule has 28 heteroatoms. The van der Waals surface area contributed by atoms with Gasteiger partial charge in [0.05, 0.1) is 32.3 Å². The lowest BCUT2D eigenvalue weighted by Gasteiger charge is -2.32. The summed E-state index contributed by atoms with van der Waals surface area (Å²) in [5, 5.41) is 46.4. The van der Waals surface area contributed by atoms with Crippen LogP contribution in [0.2, 0.25) is 0 Å². The van der Waals surface area contributed by atoms with Gasteiger partial charge in [-0.2, -0.15) is 0 Å². The molecule has 2 fully saturated rings. The van der Waals surface area contributed by atoms with Gasteiger partial charge in [-0.25, -0.2) is 4.79 Å². The van der Waals surface area contributed by atoms with E-state index in [1.54, 1.807) is 27.7 Å². The molecule has 18 N–H and O–H groups in total. The van der Waals surface area contributed by atoms with Gasteiger partial charge >= 0.3 is 5.97 Å². The molecule has 0 aromatic carbocycles. The number of aliphatic imine (C=N–C) groups is 1. The van der Waals surface area contributed by atoms with E-state index < -0.39 is 146 Å². The Bertz CT molecular complexity index is 1910. The average Bonchev–Trinajstić information content (AvgIpc) is 4.00. The van der Waals surface area contributed by atoms with Crippen LogP contribution in [-0.2, 0) is 52.7 Å². The van der Waals surface area contributed by atoms with Crippen molar-refractivity contribution in [1.82, 2.24) is 47.0 Å². The summed E-state index contributed by atoms with van der Waals surface area (Å²) in [6.45, 7) is 3.91. The van der Waals surface area contributed by atoms with Gasteiger partial charge in [-0.15, -0.1) is 0 Å². The number of aliphatic hydroxyl groups excluding tert-OH is 2. The van der Waals surface area contributed by atoms with E-state index in [-0.39, 0.29) is 76.5 Å². The highest BCUT2D eigenvalue weighted by Crippen LogP contribution is 2.23. The van der Waals surface area contributed by atoms with Crippen molar-refractivity contribution in [1.29, 1.82) is 0 Å². The Hall–Kier alpha value is -6.68. The van der Waals surface area contributed by atoms with E-state index in [0.717, 1.165) is 4.90 Å². The Labute approximate surface area is 404 Å². The molecule has 2 aliphatic heterocycles. The third-order valence-electron chi connectivity index (χ3n) is 11.3. The standard InChI is InChI=1S/C42H72N14O14/c1-21(2)16-25(52-38(66)29-10-7-15-56(29)40(68)27(20-58)50-32(61)18-48-31(60)17-49-34(62)23(43)11-12-30(44)59)39(67)55-14-6-9-28(55)37(65)51-24(8-5-13-47-42(45)46)35(63)53-26(19-57)36(64)54-33(22(3)4)41(69)70/h21-29,33,57-58H,5-20,43H2,1-4H3,(H2,44,59)(H,48,60)(H,49,62)(H,50,61)(H,51,65)(H,52,66)(H,53,63)(H,54,64)(H,69,70)(H4,45,46,47)/t23-,24-,25-,26-,27-,28-,29-,33-/m0/s1. The van der Waals surface area contributed by atoms with E-state index >= 15 is 0 Å². The third-order valence-corrected chi connectivity index (χ3v) is 11.3. The Balaban J connectivity index is 2.17. The van der Waals surface area contributed by atoms with Crippen molar-refractivity contribution in [2.45, 2.75) is 134 Å². The molecule has 0 spiro atoms. The van der Waals surface area contributed by atoms with E-state index in [4.69, 9.17) is 22.9 Å². The number of carboxylic acids is 1. The van der Waals surface area contributed by atoms with Gasteiger partial charge in [0.15, 0.2) is 5.96 Å². The van der Waals surface area contributed by atoms with E-state index in [1.807, 2.05) is 0 Å². The fourth-order valence-electron chi connectivity index (χ4n) is 7.64. The lowest BCUT2D eigenvalue weighted by Crippen LogP contribution is -2.60. The molecule has 0 aromatic rings. The zero-order valence-corrected chi connectivity index (χ0v) is 40.1. The quantitative estimate of drug-likeness (QED) is 0.0188. The highest BCUT2D eigenvalue weighted by Gasteiger charge is 2.42. The molecule has 70 heavy (non-hydrogen) atoms. The zero-order chi connectivity index (χ0) is 52.8. The van der Waals surface area contributed by atoms with E-state index in [2.05, 4.69) is 42.2 Å². The minimum absolute atomic E-state index is 0.0468. The maximum absolute atomic E-state index is 14.3. The number of nitrogens with two attached hydrogens (primary N) is 4.